The lowest BCUT2D eigenvalue weighted by Gasteiger charge is -2.24. The summed E-state index contributed by atoms with van der Waals surface area (Å²) >= 11 is 0. The standard InChI is InChI=1S/C15H23F3N2/c1-4-6-11(3)14(19-9-5-2)13-8-7-12(10-20-13)15(16,17)18/h7-8,10-11,14,19H,4-6,9H2,1-3H3. The minimum absolute atomic E-state index is 0.0113. The monoisotopic (exact) mass is 288 g/mol. The van der Waals surface area contributed by atoms with Crippen LogP contribution in [-0.4, -0.2) is 11.5 Å². The third kappa shape index (κ3) is 4.78. The van der Waals surface area contributed by atoms with Gasteiger partial charge < -0.3 is 5.32 Å². The number of halogens is 3. The first-order valence-corrected chi connectivity index (χ1v) is 7.16. The van der Waals surface area contributed by atoms with Crippen molar-refractivity contribution in [1.29, 1.82) is 0 Å². The number of aromatic nitrogens is 1. The van der Waals surface area contributed by atoms with Crippen LogP contribution in [0.2, 0.25) is 0 Å². The predicted octanol–water partition coefficient (Wildman–Crippen LogP) is 4.58. The Morgan fingerprint density at radius 2 is 1.90 bits per heavy atom. The van der Waals surface area contributed by atoms with E-state index in [1.165, 1.54) is 6.07 Å². The van der Waals surface area contributed by atoms with Gasteiger partial charge in [-0.3, -0.25) is 4.98 Å². The van der Waals surface area contributed by atoms with Crippen molar-refractivity contribution in [1.82, 2.24) is 10.3 Å². The summed E-state index contributed by atoms with van der Waals surface area (Å²) in [5, 5.41) is 3.38. The maximum atomic E-state index is 12.5. The molecule has 0 saturated heterocycles. The van der Waals surface area contributed by atoms with Crippen LogP contribution in [0.25, 0.3) is 0 Å². The minimum atomic E-state index is -4.33. The van der Waals surface area contributed by atoms with Gasteiger partial charge in [0.25, 0.3) is 0 Å². The third-order valence-electron chi connectivity index (χ3n) is 3.36. The molecule has 1 aromatic heterocycles. The average Bonchev–Trinajstić information content (AvgIpc) is 2.39. The van der Waals surface area contributed by atoms with Gasteiger partial charge >= 0.3 is 6.18 Å². The summed E-state index contributed by atoms with van der Waals surface area (Å²) in [5.74, 6) is 0.343. The van der Waals surface area contributed by atoms with Gasteiger partial charge in [0.1, 0.15) is 0 Å². The zero-order valence-electron chi connectivity index (χ0n) is 12.3. The Kier molecular flexibility index (Phi) is 6.46. The first kappa shape index (κ1) is 17.0. The summed E-state index contributed by atoms with van der Waals surface area (Å²) in [6.07, 6.45) is -0.353. The van der Waals surface area contributed by atoms with Crippen LogP contribution >= 0.6 is 0 Å². The molecule has 0 aliphatic heterocycles. The van der Waals surface area contributed by atoms with Crippen LogP contribution in [0.1, 0.15) is 57.3 Å². The first-order chi connectivity index (χ1) is 9.40. The second kappa shape index (κ2) is 7.62. The summed E-state index contributed by atoms with van der Waals surface area (Å²) in [5.41, 5.74) is -0.00830. The molecule has 0 aliphatic rings. The highest BCUT2D eigenvalue weighted by molar-refractivity contribution is 5.19. The molecular weight excluding hydrogens is 265 g/mol. The van der Waals surface area contributed by atoms with Crippen LogP contribution in [0.5, 0.6) is 0 Å². The van der Waals surface area contributed by atoms with Gasteiger partial charge in [0.15, 0.2) is 0 Å². The zero-order chi connectivity index (χ0) is 15.2. The molecule has 1 heterocycles. The average molecular weight is 288 g/mol. The Morgan fingerprint density at radius 1 is 1.20 bits per heavy atom. The van der Waals surface area contributed by atoms with E-state index in [1.54, 1.807) is 0 Å². The molecule has 0 aliphatic carbocycles. The van der Waals surface area contributed by atoms with Crippen LogP contribution in [-0.2, 0) is 6.18 Å². The van der Waals surface area contributed by atoms with Gasteiger partial charge in [-0.05, 0) is 37.4 Å². The number of hydrogen-bond donors (Lipinski definition) is 1. The van der Waals surface area contributed by atoms with E-state index in [2.05, 4.69) is 31.1 Å². The lowest BCUT2D eigenvalue weighted by atomic mass is 9.93. The Bertz CT molecular complexity index is 387. The molecule has 1 aromatic rings. The van der Waals surface area contributed by atoms with Crippen molar-refractivity contribution in [2.24, 2.45) is 5.92 Å². The van der Waals surface area contributed by atoms with Crippen molar-refractivity contribution >= 4 is 0 Å². The van der Waals surface area contributed by atoms with Gasteiger partial charge in [0.2, 0.25) is 0 Å². The summed E-state index contributed by atoms with van der Waals surface area (Å²) < 4.78 is 37.6. The van der Waals surface area contributed by atoms with Crippen LogP contribution in [0, 0.1) is 5.92 Å². The molecule has 2 unspecified atom stereocenters. The van der Waals surface area contributed by atoms with Crippen molar-refractivity contribution in [2.75, 3.05) is 6.54 Å². The second-order valence-corrected chi connectivity index (χ2v) is 5.17. The fraction of sp³-hybridized carbons (Fsp3) is 0.667. The molecule has 0 amide bonds. The first-order valence-electron chi connectivity index (χ1n) is 7.16. The topological polar surface area (TPSA) is 24.9 Å². The van der Waals surface area contributed by atoms with E-state index in [0.717, 1.165) is 38.1 Å². The highest BCUT2D eigenvalue weighted by Gasteiger charge is 2.31. The Balaban J connectivity index is 2.90. The summed E-state index contributed by atoms with van der Waals surface area (Å²) in [6.45, 7) is 7.11. The second-order valence-electron chi connectivity index (χ2n) is 5.17. The maximum Gasteiger partial charge on any atom is 0.417 e. The van der Waals surface area contributed by atoms with Crippen molar-refractivity contribution in [3.63, 3.8) is 0 Å². The van der Waals surface area contributed by atoms with Gasteiger partial charge in [0.05, 0.1) is 17.3 Å². The maximum absolute atomic E-state index is 12.5. The van der Waals surface area contributed by atoms with Crippen molar-refractivity contribution in [3.05, 3.63) is 29.6 Å². The molecule has 0 aromatic carbocycles. The highest BCUT2D eigenvalue weighted by atomic mass is 19.4. The number of rotatable bonds is 7. The molecule has 1 N–H and O–H groups in total. The predicted molar refractivity (Wildman–Crippen MR) is 74.3 cm³/mol. The fourth-order valence-corrected chi connectivity index (χ4v) is 2.28. The molecule has 0 radical (unpaired) electrons. The molecule has 0 fully saturated rings. The van der Waals surface area contributed by atoms with Crippen LogP contribution in [0.3, 0.4) is 0 Å². The minimum Gasteiger partial charge on any atom is -0.308 e. The highest BCUT2D eigenvalue weighted by Crippen LogP contribution is 2.30. The Morgan fingerprint density at radius 3 is 2.35 bits per heavy atom. The van der Waals surface area contributed by atoms with Gasteiger partial charge in [-0.2, -0.15) is 13.2 Å². The molecule has 2 nitrogen and oxygen atoms in total. The molecule has 0 saturated carbocycles. The molecule has 2 atom stereocenters. The van der Waals surface area contributed by atoms with E-state index < -0.39 is 11.7 Å². The van der Waals surface area contributed by atoms with E-state index in [9.17, 15) is 13.2 Å². The van der Waals surface area contributed by atoms with Crippen LogP contribution in [0.15, 0.2) is 18.3 Å². The number of nitrogens with one attached hydrogen (secondary N) is 1. The molecule has 0 spiro atoms. The molecule has 20 heavy (non-hydrogen) atoms. The zero-order valence-corrected chi connectivity index (χ0v) is 12.3. The van der Waals surface area contributed by atoms with Gasteiger partial charge in [-0.15, -0.1) is 0 Å². The third-order valence-corrected chi connectivity index (χ3v) is 3.36. The summed E-state index contributed by atoms with van der Waals surface area (Å²) in [7, 11) is 0. The van der Waals surface area contributed by atoms with Gasteiger partial charge in [0, 0.05) is 6.20 Å². The lowest BCUT2D eigenvalue weighted by molar-refractivity contribution is -0.137. The molecule has 114 valence electrons. The van der Waals surface area contributed by atoms with E-state index in [0.29, 0.717) is 11.6 Å². The number of alkyl halides is 3. The number of pyridine rings is 1. The van der Waals surface area contributed by atoms with Crippen LogP contribution in [0.4, 0.5) is 13.2 Å². The molecule has 5 heteroatoms. The van der Waals surface area contributed by atoms with E-state index in [1.807, 2.05) is 0 Å². The molecule has 0 bridgehead atoms. The molecular formula is C15H23F3N2. The van der Waals surface area contributed by atoms with Gasteiger partial charge in [-0.1, -0.05) is 27.2 Å². The largest absolute Gasteiger partial charge is 0.417 e. The van der Waals surface area contributed by atoms with Gasteiger partial charge in [-0.25, -0.2) is 0 Å². The lowest BCUT2D eigenvalue weighted by Crippen LogP contribution is -2.28. The van der Waals surface area contributed by atoms with E-state index in [-0.39, 0.29) is 6.04 Å². The van der Waals surface area contributed by atoms with E-state index in [4.69, 9.17) is 0 Å². The Hall–Kier alpha value is -1.10. The SMILES string of the molecule is CCCNC(c1ccc(C(F)(F)F)cn1)C(C)CCC. The van der Waals surface area contributed by atoms with E-state index >= 15 is 0 Å². The number of nitrogens with zero attached hydrogens (tertiary/aromatic N) is 1. The number of hydrogen-bond acceptors (Lipinski definition) is 2. The van der Waals surface area contributed by atoms with Crippen molar-refractivity contribution in [3.8, 4) is 0 Å². The van der Waals surface area contributed by atoms with Crippen molar-refractivity contribution in [2.45, 2.75) is 52.3 Å². The fourth-order valence-electron chi connectivity index (χ4n) is 2.28. The summed E-state index contributed by atoms with van der Waals surface area (Å²) in [6, 6.07) is 2.61. The molecule has 1 rings (SSSR count). The van der Waals surface area contributed by atoms with Crippen LogP contribution < -0.4 is 5.32 Å². The quantitative estimate of drug-likeness (QED) is 0.794. The normalized spacial score (nSPS) is 15.1. The van der Waals surface area contributed by atoms with Crippen molar-refractivity contribution < 1.29 is 13.2 Å². The Labute approximate surface area is 118 Å². The summed E-state index contributed by atoms with van der Waals surface area (Å²) in [4.78, 5) is 4.02. The smallest absolute Gasteiger partial charge is 0.308 e.